The van der Waals surface area contributed by atoms with Gasteiger partial charge in [0.05, 0.1) is 11.8 Å². The van der Waals surface area contributed by atoms with E-state index in [1.807, 2.05) is 13.8 Å². The molecule has 0 saturated carbocycles. The third-order valence-corrected chi connectivity index (χ3v) is 3.56. The van der Waals surface area contributed by atoms with E-state index in [4.69, 9.17) is 0 Å². The highest BCUT2D eigenvalue weighted by atomic mass is 32.2. The van der Waals surface area contributed by atoms with Crippen molar-refractivity contribution in [2.75, 3.05) is 5.75 Å². The summed E-state index contributed by atoms with van der Waals surface area (Å²) in [5.74, 6) is 0.0442. The van der Waals surface area contributed by atoms with Crippen LogP contribution in [0.5, 0.6) is 0 Å². The Bertz CT molecular complexity index is 282. The van der Waals surface area contributed by atoms with Gasteiger partial charge in [-0.05, 0) is 12.8 Å². The van der Waals surface area contributed by atoms with Crippen molar-refractivity contribution in [2.24, 2.45) is 5.92 Å². The maximum atomic E-state index is 11.4. The SMILES string of the molecule is CCC(=O)C(C)NS(=O)(=O)CC(C)C. The molecule has 0 rings (SSSR count). The van der Waals surface area contributed by atoms with Crippen molar-refractivity contribution in [2.45, 2.75) is 40.2 Å². The van der Waals surface area contributed by atoms with Gasteiger partial charge in [-0.3, -0.25) is 4.79 Å². The summed E-state index contributed by atoms with van der Waals surface area (Å²) in [6.07, 6.45) is 0.353. The highest BCUT2D eigenvalue weighted by molar-refractivity contribution is 7.89. The molecule has 5 heteroatoms. The molecule has 0 bridgehead atoms. The molecule has 0 aromatic carbocycles. The molecular weight excluding hydrogens is 202 g/mol. The van der Waals surface area contributed by atoms with Crippen molar-refractivity contribution < 1.29 is 13.2 Å². The van der Waals surface area contributed by atoms with E-state index in [2.05, 4.69) is 4.72 Å². The van der Waals surface area contributed by atoms with Gasteiger partial charge in [0.1, 0.15) is 5.78 Å². The summed E-state index contributed by atoms with van der Waals surface area (Å²) in [4.78, 5) is 11.1. The van der Waals surface area contributed by atoms with Crippen LogP contribution in [0.15, 0.2) is 0 Å². The fourth-order valence-electron chi connectivity index (χ4n) is 1.13. The second-order valence-corrected chi connectivity index (χ2v) is 5.63. The van der Waals surface area contributed by atoms with Crippen molar-refractivity contribution in [1.29, 1.82) is 0 Å². The summed E-state index contributed by atoms with van der Waals surface area (Å²) in [5, 5.41) is 0. The standard InChI is InChI=1S/C9H19NO3S/c1-5-9(11)8(4)10-14(12,13)6-7(2)3/h7-8,10H,5-6H2,1-4H3. The number of sulfonamides is 1. The van der Waals surface area contributed by atoms with Crippen molar-refractivity contribution in [3.05, 3.63) is 0 Å². The van der Waals surface area contributed by atoms with Crippen LogP contribution >= 0.6 is 0 Å². The number of Topliss-reactive ketones (excluding diaryl/α,β-unsaturated/α-hetero) is 1. The fraction of sp³-hybridized carbons (Fsp3) is 0.889. The summed E-state index contributed by atoms with van der Waals surface area (Å²) >= 11 is 0. The average molecular weight is 221 g/mol. The van der Waals surface area contributed by atoms with Crippen LogP contribution in [0.4, 0.5) is 0 Å². The molecule has 84 valence electrons. The van der Waals surface area contributed by atoms with Crippen LogP contribution in [0.1, 0.15) is 34.1 Å². The zero-order valence-corrected chi connectivity index (χ0v) is 10.0. The molecule has 4 nitrogen and oxygen atoms in total. The highest BCUT2D eigenvalue weighted by Gasteiger charge is 2.19. The number of hydrogen-bond donors (Lipinski definition) is 1. The van der Waals surface area contributed by atoms with Gasteiger partial charge in [-0.15, -0.1) is 0 Å². The van der Waals surface area contributed by atoms with Crippen LogP contribution in [0.2, 0.25) is 0 Å². The molecule has 14 heavy (non-hydrogen) atoms. The predicted octanol–water partition coefficient (Wildman–Crippen LogP) is 0.929. The summed E-state index contributed by atoms with van der Waals surface area (Å²) < 4.78 is 25.2. The average Bonchev–Trinajstić information content (AvgIpc) is 1.99. The Morgan fingerprint density at radius 2 is 1.79 bits per heavy atom. The first kappa shape index (κ1) is 13.6. The number of carbonyl (C=O) groups excluding carboxylic acids is 1. The Labute approximate surface area is 86.1 Å². The van der Waals surface area contributed by atoms with E-state index in [0.29, 0.717) is 6.42 Å². The van der Waals surface area contributed by atoms with Gasteiger partial charge in [0.2, 0.25) is 10.0 Å². The van der Waals surface area contributed by atoms with Gasteiger partial charge in [-0.25, -0.2) is 13.1 Å². The van der Waals surface area contributed by atoms with Crippen LogP contribution in [0, 0.1) is 5.92 Å². The lowest BCUT2D eigenvalue weighted by Crippen LogP contribution is -2.40. The van der Waals surface area contributed by atoms with Gasteiger partial charge in [-0.1, -0.05) is 20.8 Å². The van der Waals surface area contributed by atoms with Gasteiger partial charge >= 0.3 is 0 Å². The highest BCUT2D eigenvalue weighted by Crippen LogP contribution is 2.00. The minimum absolute atomic E-state index is 0.0638. The molecule has 0 radical (unpaired) electrons. The quantitative estimate of drug-likeness (QED) is 0.725. The van der Waals surface area contributed by atoms with Crippen LogP contribution in [-0.4, -0.2) is 26.0 Å². The Morgan fingerprint density at radius 1 is 1.29 bits per heavy atom. The van der Waals surface area contributed by atoms with Gasteiger partial charge in [0, 0.05) is 6.42 Å². The summed E-state index contributed by atoms with van der Waals surface area (Å²) in [7, 11) is -3.31. The molecule has 0 aromatic heterocycles. The van der Waals surface area contributed by atoms with Crippen LogP contribution in [0.25, 0.3) is 0 Å². The third kappa shape index (κ3) is 5.34. The lowest BCUT2D eigenvalue weighted by Gasteiger charge is -2.13. The molecule has 1 unspecified atom stereocenters. The zero-order chi connectivity index (χ0) is 11.4. The molecule has 0 amide bonds. The lowest BCUT2D eigenvalue weighted by atomic mass is 10.2. The zero-order valence-electron chi connectivity index (χ0n) is 9.20. The van der Waals surface area contributed by atoms with E-state index in [1.165, 1.54) is 0 Å². The van der Waals surface area contributed by atoms with Gasteiger partial charge in [-0.2, -0.15) is 0 Å². The molecule has 0 aliphatic carbocycles. The van der Waals surface area contributed by atoms with Gasteiger partial charge < -0.3 is 0 Å². The molecule has 0 saturated heterocycles. The number of carbonyl (C=O) groups is 1. The first-order chi connectivity index (χ1) is 6.28. The number of ketones is 1. The molecule has 0 spiro atoms. The molecule has 0 aliphatic rings. The molecule has 1 atom stereocenters. The minimum Gasteiger partial charge on any atom is -0.298 e. The van der Waals surface area contributed by atoms with Gasteiger partial charge in [0.15, 0.2) is 0 Å². The molecular formula is C9H19NO3S. The molecule has 0 aromatic rings. The first-order valence-corrected chi connectivity index (χ1v) is 6.46. The predicted molar refractivity (Wildman–Crippen MR) is 56.5 cm³/mol. The van der Waals surface area contributed by atoms with E-state index in [-0.39, 0.29) is 17.5 Å². The largest absolute Gasteiger partial charge is 0.298 e. The molecule has 0 aliphatic heterocycles. The lowest BCUT2D eigenvalue weighted by molar-refractivity contribution is -0.119. The van der Waals surface area contributed by atoms with Crippen molar-refractivity contribution in [3.8, 4) is 0 Å². The normalized spacial score (nSPS) is 14.4. The monoisotopic (exact) mass is 221 g/mol. The summed E-state index contributed by atoms with van der Waals surface area (Å²) in [6, 6.07) is -0.608. The summed E-state index contributed by atoms with van der Waals surface area (Å²) in [5.41, 5.74) is 0. The Kier molecular flexibility index (Phi) is 5.29. The maximum Gasteiger partial charge on any atom is 0.212 e. The number of hydrogen-bond acceptors (Lipinski definition) is 3. The van der Waals surface area contributed by atoms with Crippen molar-refractivity contribution >= 4 is 15.8 Å². The minimum atomic E-state index is -3.31. The summed E-state index contributed by atoms with van der Waals surface area (Å²) in [6.45, 7) is 6.94. The second-order valence-electron chi connectivity index (χ2n) is 3.83. The smallest absolute Gasteiger partial charge is 0.212 e. The van der Waals surface area contributed by atoms with Crippen LogP contribution in [0.3, 0.4) is 0 Å². The van der Waals surface area contributed by atoms with Crippen LogP contribution < -0.4 is 4.72 Å². The Morgan fingerprint density at radius 3 is 2.14 bits per heavy atom. The first-order valence-electron chi connectivity index (χ1n) is 4.81. The number of rotatable bonds is 6. The van der Waals surface area contributed by atoms with Crippen LogP contribution in [-0.2, 0) is 14.8 Å². The molecule has 0 heterocycles. The van der Waals surface area contributed by atoms with Gasteiger partial charge in [0.25, 0.3) is 0 Å². The Balaban J connectivity index is 4.30. The molecule has 0 fully saturated rings. The van der Waals surface area contributed by atoms with Crippen molar-refractivity contribution in [1.82, 2.24) is 4.72 Å². The Hall–Kier alpha value is -0.420. The fourth-order valence-corrected chi connectivity index (χ4v) is 2.77. The van der Waals surface area contributed by atoms with E-state index in [9.17, 15) is 13.2 Å². The van der Waals surface area contributed by atoms with Crippen molar-refractivity contribution in [3.63, 3.8) is 0 Å². The molecule has 1 N–H and O–H groups in total. The van der Waals surface area contributed by atoms with E-state index in [0.717, 1.165) is 0 Å². The maximum absolute atomic E-state index is 11.4. The second kappa shape index (κ2) is 5.46. The van der Waals surface area contributed by atoms with E-state index in [1.54, 1.807) is 13.8 Å². The topological polar surface area (TPSA) is 63.2 Å². The van der Waals surface area contributed by atoms with E-state index >= 15 is 0 Å². The van der Waals surface area contributed by atoms with E-state index < -0.39 is 16.1 Å². The third-order valence-electron chi connectivity index (χ3n) is 1.74. The number of nitrogens with one attached hydrogen (secondary N) is 1.